The maximum atomic E-state index is 11.9. The van der Waals surface area contributed by atoms with Gasteiger partial charge in [-0.2, -0.15) is 11.3 Å². The van der Waals surface area contributed by atoms with E-state index in [1.54, 1.807) is 18.4 Å². The van der Waals surface area contributed by atoms with Crippen molar-refractivity contribution in [2.45, 2.75) is 31.7 Å². The average Bonchev–Trinajstić information content (AvgIpc) is 2.92. The molecule has 0 radical (unpaired) electrons. The molecular weight excluding hydrogens is 234 g/mol. The summed E-state index contributed by atoms with van der Waals surface area (Å²) in [6, 6.07) is 2.31. The van der Waals surface area contributed by atoms with Crippen LogP contribution < -0.4 is 5.32 Å². The van der Waals surface area contributed by atoms with Crippen molar-refractivity contribution >= 4 is 17.2 Å². The number of nitrogens with one attached hydrogen (secondary N) is 1. The van der Waals surface area contributed by atoms with E-state index in [9.17, 15) is 4.79 Å². The van der Waals surface area contributed by atoms with Gasteiger partial charge in [0, 0.05) is 19.1 Å². The van der Waals surface area contributed by atoms with Crippen molar-refractivity contribution in [2.24, 2.45) is 5.92 Å². The highest BCUT2D eigenvalue weighted by atomic mass is 32.1. The number of hydrogen-bond donors (Lipinski definition) is 1. The van der Waals surface area contributed by atoms with Crippen molar-refractivity contribution < 1.29 is 9.53 Å². The van der Waals surface area contributed by atoms with E-state index < -0.39 is 0 Å². The molecule has 17 heavy (non-hydrogen) atoms. The third-order valence-corrected chi connectivity index (χ3v) is 4.06. The molecule has 1 heterocycles. The topological polar surface area (TPSA) is 38.3 Å². The van der Waals surface area contributed by atoms with Crippen LogP contribution in [0, 0.1) is 5.92 Å². The molecule has 0 aliphatic heterocycles. The Hall–Kier alpha value is -0.870. The molecule has 1 aromatic rings. The molecule has 0 spiro atoms. The van der Waals surface area contributed by atoms with Crippen LogP contribution in [0.4, 0.5) is 0 Å². The Morgan fingerprint density at radius 2 is 2.47 bits per heavy atom. The third kappa shape index (κ3) is 3.54. The molecule has 1 aliphatic rings. The average molecular weight is 253 g/mol. The molecule has 0 aromatic carbocycles. The Kier molecular flexibility index (Phi) is 4.57. The van der Waals surface area contributed by atoms with Crippen molar-refractivity contribution in [3.8, 4) is 0 Å². The van der Waals surface area contributed by atoms with Gasteiger partial charge in [-0.1, -0.05) is 6.42 Å². The molecule has 2 rings (SSSR count). The maximum absolute atomic E-state index is 11.9. The highest BCUT2D eigenvalue weighted by Crippen LogP contribution is 2.25. The first-order chi connectivity index (χ1) is 8.29. The summed E-state index contributed by atoms with van der Waals surface area (Å²) >= 11 is 1.63. The number of carbonyl (C=O) groups excluding carboxylic acids is 1. The summed E-state index contributed by atoms with van der Waals surface area (Å²) in [6.45, 7) is 0.753. The molecule has 1 aliphatic carbocycles. The van der Waals surface area contributed by atoms with Crippen LogP contribution in [-0.4, -0.2) is 25.7 Å². The van der Waals surface area contributed by atoms with Crippen LogP contribution in [-0.2, 0) is 16.0 Å². The van der Waals surface area contributed by atoms with Crippen LogP contribution in [0.5, 0.6) is 0 Å². The lowest BCUT2D eigenvalue weighted by Crippen LogP contribution is -2.39. The van der Waals surface area contributed by atoms with Gasteiger partial charge in [-0.3, -0.25) is 4.79 Å². The van der Waals surface area contributed by atoms with Crippen molar-refractivity contribution in [1.82, 2.24) is 5.32 Å². The number of amides is 1. The van der Waals surface area contributed by atoms with Crippen molar-refractivity contribution in [3.63, 3.8) is 0 Å². The van der Waals surface area contributed by atoms with E-state index in [4.69, 9.17) is 4.74 Å². The number of hydrogen-bond acceptors (Lipinski definition) is 3. The van der Waals surface area contributed by atoms with E-state index >= 15 is 0 Å². The molecule has 2 atom stereocenters. The summed E-state index contributed by atoms with van der Waals surface area (Å²) in [5, 5.41) is 7.17. The Bertz CT molecular complexity index is 350. The zero-order valence-corrected chi connectivity index (χ0v) is 11.0. The molecule has 0 bridgehead atoms. The highest BCUT2D eigenvalue weighted by molar-refractivity contribution is 7.07. The van der Waals surface area contributed by atoms with Crippen molar-refractivity contribution in [1.29, 1.82) is 0 Å². The van der Waals surface area contributed by atoms with E-state index in [-0.39, 0.29) is 5.91 Å². The Morgan fingerprint density at radius 3 is 3.18 bits per heavy atom. The van der Waals surface area contributed by atoms with Gasteiger partial charge in [-0.15, -0.1) is 0 Å². The van der Waals surface area contributed by atoms with Gasteiger partial charge in [-0.25, -0.2) is 0 Å². The molecule has 1 aromatic heterocycles. The monoisotopic (exact) mass is 253 g/mol. The van der Waals surface area contributed by atoms with Gasteiger partial charge < -0.3 is 10.1 Å². The summed E-state index contributed by atoms with van der Waals surface area (Å²) in [7, 11) is 1.72. The second kappa shape index (κ2) is 6.17. The number of methoxy groups -OCH3 is 1. The molecular formula is C13H19NO2S. The largest absolute Gasteiger partial charge is 0.384 e. The quantitative estimate of drug-likeness (QED) is 0.874. The van der Waals surface area contributed by atoms with E-state index in [1.807, 2.05) is 16.8 Å². The highest BCUT2D eigenvalue weighted by Gasteiger charge is 2.28. The zero-order valence-electron chi connectivity index (χ0n) is 10.1. The van der Waals surface area contributed by atoms with Gasteiger partial charge >= 0.3 is 0 Å². The molecule has 0 saturated heterocycles. The predicted molar refractivity (Wildman–Crippen MR) is 69.2 cm³/mol. The second-order valence-corrected chi connectivity index (χ2v) is 5.41. The molecule has 94 valence electrons. The first-order valence-corrected chi connectivity index (χ1v) is 7.03. The van der Waals surface area contributed by atoms with Crippen molar-refractivity contribution in [3.05, 3.63) is 22.4 Å². The number of ether oxygens (including phenoxy) is 1. The van der Waals surface area contributed by atoms with Gasteiger partial charge in [0.25, 0.3) is 0 Å². The van der Waals surface area contributed by atoms with Crippen molar-refractivity contribution in [2.75, 3.05) is 13.7 Å². The second-order valence-electron chi connectivity index (χ2n) is 4.63. The Morgan fingerprint density at radius 1 is 1.59 bits per heavy atom. The van der Waals surface area contributed by atoms with Crippen LogP contribution in [0.25, 0.3) is 0 Å². The van der Waals surface area contributed by atoms with E-state index in [0.29, 0.717) is 18.4 Å². The molecule has 1 saturated carbocycles. The fraction of sp³-hybridized carbons (Fsp3) is 0.615. The summed E-state index contributed by atoms with van der Waals surface area (Å²) in [5.41, 5.74) is 1.11. The maximum Gasteiger partial charge on any atom is 0.224 e. The van der Waals surface area contributed by atoms with Crippen LogP contribution in [0.3, 0.4) is 0 Å². The molecule has 3 nitrogen and oxygen atoms in total. The molecule has 4 heteroatoms. The summed E-state index contributed by atoms with van der Waals surface area (Å²) in [4.78, 5) is 11.9. The van der Waals surface area contributed by atoms with Gasteiger partial charge in [0.2, 0.25) is 5.91 Å². The molecule has 1 fully saturated rings. The van der Waals surface area contributed by atoms with Gasteiger partial charge in [-0.05, 0) is 35.2 Å². The number of thiophene rings is 1. The molecule has 0 unspecified atom stereocenters. The van der Waals surface area contributed by atoms with Crippen LogP contribution >= 0.6 is 11.3 Å². The molecule has 1 N–H and O–H groups in total. The fourth-order valence-corrected chi connectivity index (χ4v) is 3.15. The van der Waals surface area contributed by atoms with Crippen LogP contribution in [0.15, 0.2) is 16.8 Å². The summed E-state index contributed by atoms with van der Waals surface area (Å²) in [5.74, 6) is 0.628. The van der Waals surface area contributed by atoms with Crippen LogP contribution in [0.2, 0.25) is 0 Å². The Balaban J connectivity index is 1.81. The predicted octanol–water partition coefficient (Wildman–Crippen LogP) is 2.22. The van der Waals surface area contributed by atoms with Crippen LogP contribution in [0.1, 0.15) is 24.8 Å². The smallest absolute Gasteiger partial charge is 0.224 e. The van der Waals surface area contributed by atoms with E-state index in [0.717, 1.165) is 25.0 Å². The number of rotatable bonds is 5. The minimum absolute atomic E-state index is 0.136. The fourth-order valence-electron chi connectivity index (χ4n) is 2.48. The lowest BCUT2D eigenvalue weighted by molar-refractivity contribution is -0.121. The summed E-state index contributed by atoms with van der Waals surface area (Å²) < 4.78 is 5.19. The lowest BCUT2D eigenvalue weighted by Gasteiger charge is -2.20. The number of carbonyl (C=O) groups is 1. The standard InChI is InChI=1S/C13H19NO2S/c1-16-8-11-3-2-4-12(11)14-13(15)7-10-5-6-17-9-10/h5-6,9,11-12H,2-4,7-8H2,1H3,(H,14,15)/t11-,12-/m1/s1. The third-order valence-electron chi connectivity index (χ3n) is 3.33. The van der Waals surface area contributed by atoms with Gasteiger partial charge in [0.05, 0.1) is 13.0 Å². The SMILES string of the molecule is COC[C@H]1CCC[C@H]1NC(=O)Cc1ccsc1. The van der Waals surface area contributed by atoms with E-state index in [1.165, 1.54) is 6.42 Å². The first-order valence-electron chi connectivity index (χ1n) is 6.09. The van der Waals surface area contributed by atoms with E-state index in [2.05, 4.69) is 5.32 Å². The first kappa shape index (κ1) is 12.6. The normalized spacial score (nSPS) is 23.8. The minimum Gasteiger partial charge on any atom is -0.384 e. The summed E-state index contributed by atoms with van der Waals surface area (Å²) in [6.07, 6.45) is 3.94. The zero-order chi connectivity index (χ0) is 12.1. The Labute approximate surface area is 106 Å². The van der Waals surface area contributed by atoms with Gasteiger partial charge in [0.1, 0.15) is 0 Å². The molecule has 1 amide bonds. The minimum atomic E-state index is 0.136. The lowest BCUT2D eigenvalue weighted by atomic mass is 10.0. The van der Waals surface area contributed by atoms with Gasteiger partial charge in [0.15, 0.2) is 0 Å².